The van der Waals surface area contributed by atoms with E-state index in [-0.39, 0.29) is 66.7 Å². The van der Waals surface area contributed by atoms with Crippen LogP contribution >= 0.6 is 0 Å². The highest BCUT2D eigenvalue weighted by molar-refractivity contribution is 7.89. The lowest BCUT2D eigenvalue weighted by Gasteiger charge is -2.26. The number of sulfonamides is 1. The smallest absolute Gasteiger partial charge is 0.261 e. The topological polar surface area (TPSA) is 157 Å². The molecule has 0 atom stereocenters. The highest BCUT2D eigenvalue weighted by atomic mass is 32.2. The fraction of sp³-hybridized carbons (Fsp3) is 0.364. The predicted octanol–water partition coefficient (Wildman–Crippen LogP) is 1.33. The molecule has 0 aliphatic carbocycles. The van der Waals surface area contributed by atoms with Gasteiger partial charge >= 0.3 is 0 Å². The minimum atomic E-state index is -3.81. The first kappa shape index (κ1) is 25.4. The highest BCUT2D eigenvalue weighted by Crippen LogP contribution is 2.31. The summed E-state index contributed by atoms with van der Waals surface area (Å²) in [6, 6.07) is 9.64. The Morgan fingerprint density at radius 1 is 0.971 bits per heavy atom. The SMILES string of the molecule is CC(C)(Cc1nc(-c2ncccn2)nc(OCCOCCO)c1O)NS(=O)(=O)c1ccccc1. The van der Waals surface area contributed by atoms with Crippen LogP contribution in [0.4, 0.5) is 0 Å². The van der Waals surface area contributed by atoms with E-state index in [0.29, 0.717) is 0 Å². The maximum Gasteiger partial charge on any atom is 0.261 e. The van der Waals surface area contributed by atoms with Crippen molar-refractivity contribution in [2.75, 3.05) is 26.4 Å². The number of aliphatic hydroxyl groups excluding tert-OH is 1. The molecule has 12 heteroatoms. The van der Waals surface area contributed by atoms with Crippen molar-refractivity contribution < 1.29 is 28.1 Å². The van der Waals surface area contributed by atoms with E-state index in [2.05, 4.69) is 24.7 Å². The van der Waals surface area contributed by atoms with Crippen molar-refractivity contribution in [3.63, 3.8) is 0 Å². The van der Waals surface area contributed by atoms with Gasteiger partial charge in [-0.1, -0.05) is 18.2 Å². The normalized spacial score (nSPS) is 12.0. The molecule has 3 N–H and O–H groups in total. The van der Waals surface area contributed by atoms with Crippen LogP contribution in [0.1, 0.15) is 19.5 Å². The van der Waals surface area contributed by atoms with Crippen LogP contribution in [0.5, 0.6) is 11.6 Å². The fourth-order valence-corrected chi connectivity index (χ4v) is 4.49. The molecule has 0 bridgehead atoms. The Bertz CT molecular complexity index is 1180. The van der Waals surface area contributed by atoms with Gasteiger partial charge in [0.15, 0.2) is 5.82 Å². The molecule has 0 unspecified atom stereocenters. The monoisotopic (exact) mass is 489 g/mol. The van der Waals surface area contributed by atoms with Crippen molar-refractivity contribution in [3.8, 4) is 23.3 Å². The molecule has 182 valence electrons. The summed E-state index contributed by atoms with van der Waals surface area (Å²) in [5.41, 5.74) is -0.874. The number of nitrogens with zero attached hydrogens (tertiary/aromatic N) is 4. The molecule has 0 fully saturated rings. The van der Waals surface area contributed by atoms with Crippen LogP contribution in [0.3, 0.4) is 0 Å². The van der Waals surface area contributed by atoms with Crippen molar-refractivity contribution in [1.29, 1.82) is 0 Å². The summed E-state index contributed by atoms with van der Waals surface area (Å²) in [7, 11) is -3.81. The second-order valence-electron chi connectivity index (χ2n) is 7.88. The molecular formula is C22H27N5O6S. The molecule has 34 heavy (non-hydrogen) atoms. The lowest BCUT2D eigenvalue weighted by molar-refractivity contribution is 0.0687. The second-order valence-corrected chi connectivity index (χ2v) is 9.57. The maximum absolute atomic E-state index is 12.8. The number of aliphatic hydroxyl groups is 1. The van der Waals surface area contributed by atoms with E-state index in [1.54, 1.807) is 38.1 Å². The largest absolute Gasteiger partial charge is 0.502 e. The molecular weight excluding hydrogens is 462 g/mol. The summed E-state index contributed by atoms with van der Waals surface area (Å²) in [6.45, 7) is 3.62. The Hall–Kier alpha value is -3.19. The quantitative estimate of drug-likeness (QED) is 0.317. The van der Waals surface area contributed by atoms with E-state index in [1.165, 1.54) is 24.5 Å². The van der Waals surface area contributed by atoms with E-state index >= 15 is 0 Å². The molecule has 0 aliphatic heterocycles. The highest BCUT2D eigenvalue weighted by Gasteiger charge is 2.30. The zero-order valence-corrected chi connectivity index (χ0v) is 19.7. The van der Waals surface area contributed by atoms with E-state index in [4.69, 9.17) is 14.6 Å². The number of hydrogen-bond donors (Lipinski definition) is 3. The number of hydrogen-bond acceptors (Lipinski definition) is 10. The number of ether oxygens (including phenoxy) is 2. The van der Waals surface area contributed by atoms with Crippen LogP contribution in [-0.4, -0.2) is 70.5 Å². The maximum atomic E-state index is 12.8. The Morgan fingerprint density at radius 3 is 2.35 bits per heavy atom. The van der Waals surface area contributed by atoms with Crippen LogP contribution in [-0.2, 0) is 21.2 Å². The number of benzene rings is 1. The fourth-order valence-electron chi connectivity index (χ4n) is 3.06. The first-order valence-electron chi connectivity index (χ1n) is 10.5. The predicted molar refractivity (Wildman–Crippen MR) is 123 cm³/mol. The van der Waals surface area contributed by atoms with Gasteiger partial charge in [-0.25, -0.2) is 28.1 Å². The molecule has 0 saturated carbocycles. The molecule has 2 heterocycles. The Balaban J connectivity index is 1.88. The molecule has 1 aromatic carbocycles. The first-order chi connectivity index (χ1) is 16.2. The standard InChI is InChI=1S/C22H27N5O6S/c1-22(2,27-34(30,31)16-7-4-3-5-8-16)15-17-18(29)21(33-14-13-32-12-11-28)26-20(25-17)19-23-9-6-10-24-19/h3-10,27-29H,11-15H2,1-2H3. The number of rotatable bonds is 12. The molecule has 0 radical (unpaired) electrons. The molecule has 3 rings (SSSR count). The van der Waals surface area contributed by atoms with Gasteiger partial charge in [-0.3, -0.25) is 0 Å². The second kappa shape index (κ2) is 11.3. The van der Waals surface area contributed by atoms with Gasteiger partial charge in [-0.15, -0.1) is 0 Å². The van der Waals surface area contributed by atoms with Gasteiger partial charge in [0.1, 0.15) is 6.61 Å². The van der Waals surface area contributed by atoms with Gasteiger partial charge < -0.3 is 19.7 Å². The molecule has 0 saturated heterocycles. The summed E-state index contributed by atoms with van der Waals surface area (Å²) in [4.78, 5) is 17.0. The zero-order valence-electron chi connectivity index (χ0n) is 18.9. The molecule has 0 aliphatic rings. The summed E-state index contributed by atoms with van der Waals surface area (Å²) >= 11 is 0. The molecule has 11 nitrogen and oxygen atoms in total. The van der Waals surface area contributed by atoms with Crippen molar-refractivity contribution in [2.45, 2.75) is 30.7 Å². The van der Waals surface area contributed by atoms with Crippen molar-refractivity contribution in [3.05, 3.63) is 54.5 Å². The van der Waals surface area contributed by atoms with Crippen molar-refractivity contribution >= 4 is 10.0 Å². The summed E-state index contributed by atoms with van der Waals surface area (Å²) < 4.78 is 39.0. The lowest BCUT2D eigenvalue weighted by atomic mass is 9.99. The van der Waals surface area contributed by atoms with Gasteiger partial charge in [0.05, 0.1) is 30.4 Å². The van der Waals surface area contributed by atoms with Crippen molar-refractivity contribution in [2.24, 2.45) is 0 Å². The van der Waals surface area contributed by atoms with Gasteiger partial charge in [0.25, 0.3) is 5.88 Å². The average Bonchev–Trinajstić information content (AvgIpc) is 2.81. The number of nitrogens with one attached hydrogen (secondary N) is 1. The summed E-state index contributed by atoms with van der Waals surface area (Å²) in [5, 5.41) is 19.6. The van der Waals surface area contributed by atoms with Crippen molar-refractivity contribution in [1.82, 2.24) is 24.7 Å². The van der Waals surface area contributed by atoms with Crippen LogP contribution in [0.2, 0.25) is 0 Å². The average molecular weight is 490 g/mol. The van der Waals surface area contributed by atoms with Crippen LogP contribution in [0, 0.1) is 0 Å². The Labute approximate surface area is 197 Å². The number of aromatic hydroxyl groups is 1. The molecule has 0 amide bonds. The van der Waals surface area contributed by atoms with E-state index in [0.717, 1.165) is 0 Å². The third-order valence-electron chi connectivity index (χ3n) is 4.47. The lowest BCUT2D eigenvalue weighted by Crippen LogP contribution is -2.45. The zero-order chi connectivity index (χ0) is 24.6. The van der Waals surface area contributed by atoms with E-state index in [1.807, 2.05) is 0 Å². The third kappa shape index (κ3) is 6.90. The van der Waals surface area contributed by atoms with Gasteiger partial charge in [-0.2, -0.15) is 4.98 Å². The minimum absolute atomic E-state index is 0.0185. The van der Waals surface area contributed by atoms with Gasteiger partial charge in [0.2, 0.25) is 21.6 Å². The van der Waals surface area contributed by atoms with Crippen LogP contribution in [0.25, 0.3) is 11.6 Å². The summed E-state index contributed by atoms with van der Waals surface area (Å²) in [6.07, 6.45) is 3.07. The van der Waals surface area contributed by atoms with E-state index < -0.39 is 15.6 Å². The Morgan fingerprint density at radius 2 is 1.68 bits per heavy atom. The van der Waals surface area contributed by atoms with Gasteiger partial charge in [0, 0.05) is 24.4 Å². The third-order valence-corrected chi connectivity index (χ3v) is 6.18. The minimum Gasteiger partial charge on any atom is -0.502 e. The molecule has 3 aromatic rings. The first-order valence-corrected chi connectivity index (χ1v) is 12.0. The Kier molecular flexibility index (Phi) is 8.45. The van der Waals surface area contributed by atoms with Gasteiger partial charge in [-0.05, 0) is 32.0 Å². The number of aromatic nitrogens is 4. The molecule has 0 spiro atoms. The van der Waals surface area contributed by atoms with Crippen LogP contribution < -0.4 is 9.46 Å². The van der Waals surface area contributed by atoms with Crippen LogP contribution in [0.15, 0.2) is 53.7 Å². The molecule has 2 aromatic heterocycles. The summed E-state index contributed by atoms with van der Waals surface area (Å²) in [5.74, 6) is -0.107. The van der Waals surface area contributed by atoms with E-state index in [9.17, 15) is 13.5 Å².